The van der Waals surface area contributed by atoms with Crippen LogP contribution in [-0.4, -0.2) is 75.4 Å². The number of hydrogen-bond donors (Lipinski definition) is 0. The fraction of sp³-hybridized carbons (Fsp3) is 0.353. The minimum absolute atomic E-state index is 0.124. The van der Waals surface area contributed by atoms with Crippen molar-refractivity contribution < 1.29 is 14.4 Å². The number of anilines is 1. The minimum atomic E-state index is -0.758. The van der Waals surface area contributed by atoms with Gasteiger partial charge in [-0.2, -0.15) is 0 Å². The molecule has 2 aliphatic heterocycles. The Balaban J connectivity index is 1.36. The molecule has 2 aromatic rings. The highest BCUT2D eigenvalue weighted by Gasteiger charge is 2.45. The van der Waals surface area contributed by atoms with Gasteiger partial charge in [-0.1, -0.05) is 6.07 Å². The summed E-state index contributed by atoms with van der Waals surface area (Å²) in [7, 11) is 0. The molecule has 4 heterocycles. The van der Waals surface area contributed by atoms with Crippen LogP contribution in [0.1, 0.15) is 4.88 Å². The number of carbonyl (C=O) groups is 3. The predicted octanol–water partition coefficient (Wildman–Crippen LogP) is 0.609. The third-order valence-corrected chi connectivity index (χ3v) is 5.48. The second kappa shape index (κ2) is 7.41. The van der Waals surface area contributed by atoms with Gasteiger partial charge in [-0.05, 0) is 11.4 Å². The number of urea groups is 1. The monoisotopic (exact) mass is 386 g/mol. The van der Waals surface area contributed by atoms with Crippen LogP contribution in [0.2, 0.25) is 0 Å². The van der Waals surface area contributed by atoms with E-state index in [0.29, 0.717) is 26.2 Å². The summed E-state index contributed by atoms with van der Waals surface area (Å²) in [5.74, 6) is -0.706. The quantitative estimate of drug-likeness (QED) is 0.549. The summed E-state index contributed by atoms with van der Waals surface area (Å²) in [6.07, 6.45) is 4.99. The van der Waals surface area contributed by atoms with Crippen molar-refractivity contribution >= 4 is 35.0 Å². The summed E-state index contributed by atoms with van der Waals surface area (Å²) >= 11 is 1.45. The Morgan fingerprint density at radius 1 is 1.00 bits per heavy atom. The molecule has 2 aromatic heterocycles. The number of rotatable bonds is 5. The van der Waals surface area contributed by atoms with Gasteiger partial charge in [0.15, 0.2) is 0 Å². The molecular formula is C17H18N6O3S. The summed E-state index contributed by atoms with van der Waals surface area (Å²) in [5, 5.41) is 1.87. The first-order valence-electron chi connectivity index (χ1n) is 8.56. The standard InChI is InChI=1S/C17H18N6O3S/c24-15-16(25)23(17(26)22(15)11-13-2-1-9-27-13)12-20-5-7-21(8-6-20)14-10-18-3-4-19-14/h1-4,9-10H,5-8,11-12H2. The third kappa shape index (κ3) is 3.53. The number of nitrogens with zero attached hydrogens (tertiary/aromatic N) is 6. The van der Waals surface area contributed by atoms with Gasteiger partial charge in [0.1, 0.15) is 5.82 Å². The molecule has 9 nitrogen and oxygen atoms in total. The van der Waals surface area contributed by atoms with Gasteiger partial charge in [0.2, 0.25) is 0 Å². The molecule has 0 aromatic carbocycles. The van der Waals surface area contributed by atoms with Gasteiger partial charge in [0, 0.05) is 43.4 Å². The van der Waals surface area contributed by atoms with E-state index in [2.05, 4.69) is 14.9 Å². The zero-order valence-corrected chi connectivity index (χ0v) is 15.3. The van der Waals surface area contributed by atoms with Gasteiger partial charge < -0.3 is 4.90 Å². The maximum absolute atomic E-state index is 12.6. The molecule has 4 rings (SSSR count). The largest absolute Gasteiger partial charge is 0.353 e. The molecule has 2 fully saturated rings. The number of amides is 4. The summed E-state index contributed by atoms with van der Waals surface area (Å²) in [6, 6.07) is 3.14. The fourth-order valence-electron chi connectivity index (χ4n) is 3.15. The van der Waals surface area contributed by atoms with Crippen LogP contribution in [-0.2, 0) is 16.1 Å². The van der Waals surface area contributed by atoms with E-state index < -0.39 is 17.8 Å². The number of hydrogen-bond acceptors (Lipinski definition) is 8. The van der Waals surface area contributed by atoms with E-state index in [0.717, 1.165) is 20.5 Å². The van der Waals surface area contributed by atoms with Crippen LogP contribution in [0.5, 0.6) is 0 Å². The Labute approximate surface area is 159 Å². The van der Waals surface area contributed by atoms with E-state index in [-0.39, 0.29) is 13.2 Å². The van der Waals surface area contributed by atoms with Crippen LogP contribution >= 0.6 is 11.3 Å². The minimum Gasteiger partial charge on any atom is -0.353 e. The summed E-state index contributed by atoms with van der Waals surface area (Å²) in [6.45, 7) is 3.00. The van der Waals surface area contributed by atoms with Crippen LogP contribution in [0, 0.1) is 0 Å². The Morgan fingerprint density at radius 2 is 1.78 bits per heavy atom. The highest BCUT2D eigenvalue weighted by Crippen LogP contribution is 2.20. The topological polar surface area (TPSA) is 90.0 Å². The number of thiophene rings is 1. The summed E-state index contributed by atoms with van der Waals surface area (Å²) in [4.78, 5) is 52.4. The van der Waals surface area contributed by atoms with Crippen molar-refractivity contribution in [3.05, 3.63) is 41.0 Å². The Kier molecular flexibility index (Phi) is 4.82. The SMILES string of the molecule is O=C1C(=O)N(CN2CCN(c3cnccn3)CC2)C(=O)N1Cc1cccs1. The molecule has 27 heavy (non-hydrogen) atoms. The van der Waals surface area contributed by atoms with Crippen molar-refractivity contribution in [2.45, 2.75) is 6.54 Å². The van der Waals surface area contributed by atoms with Crippen LogP contribution < -0.4 is 4.90 Å². The zero-order chi connectivity index (χ0) is 18.8. The van der Waals surface area contributed by atoms with Crippen LogP contribution in [0.25, 0.3) is 0 Å². The number of imide groups is 2. The molecule has 4 amide bonds. The molecule has 0 N–H and O–H groups in total. The molecule has 0 bridgehead atoms. The lowest BCUT2D eigenvalue weighted by Crippen LogP contribution is -2.51. The molecule has 0 aliphatic carbocycles. The maximum atomic E-state index is 12.6. The second-order valence-electron chi connectivity index (χ2n) is 6.30. The van der Waals surface area contributed by atoms with E-state index in [4.69, 9.17) is 0 Å². The van der Waals surface area contributed by atoms with Gasteiger partial charge in [-0.3, -0.25) is 24.4 Å². The first kappa shape index (κ1) is 17.6. The molecule has 0 unspecified atom stereocenters. The first-order valence-corrected chi connectivity index (χ1v) is 9.44. The molecule has 0 radical (unpaired) electrons. The number of aromatic nitrogens is 2. The Morgan fingerprint density at radius 3 is 2.44 bits per heavy atom. The normalized spacial score (nSPS) is 18.7. The van der Waals surface area contributed by atoms with E-state index >= 15 is 0 Å². The lowest BCUT2D eigenvalue weighted by Gasteiger charge is -2.36. The average molecular weight is 386 g/mol. The van der Waals surface area contributed by atoms with Crippen LogP contribution in [0.4, 0.5) is 10.6 Å². The highest BCUT2D eigenvalue weighted by molar-refractivity contribution is 7.09. The van der Waals surface area contributed by atoms with Crippen molar-refractivity contribution in [1.29, 1.82) is 0 Å². The molecule has 0 spiro atoms. The number of piperazine rings is 1. The summed E-state index contributed by atoms with van der Waals surface area (Å²) < 4.78 is 0. The lowest BCUT2D eigenvalue weighted by atomic mass is 10.3. The van der Waals surface area contributed by atoms with E-state index in [1.165, 1.54) is 11.3 Å². The molecule has 0 atom stereocenters. The molecule has 2 saturated heterocycles. The smallest absolute Gasteiger partial charge is 0.335 e. The predicted molar refractivity (Wildman–Crippen MR) is 97.8 cm³/mol. The van der Waals surface area contributed by atoms with Crippen LogP contribution in [0.15, 0.2) is 36.1 Å². The van der Waals surface area contributed by atoms with Crippen molar-refractivity contribution in [3.8, 4) is 0 Å². The van der Waals surface area contributed by atoms with E-state index in [1.807, 2.05) is 22.4 Å². The van der Waals surface area contributed by atoms with Gasteiger partial charge in [-0.25, -0.2) is 14.7 Å². The molecule has 10 heteroatoms. The fourth-order valence-corrected chi connectivity index (χ4v) is 3.84. The molecule has 140 valence electrons. The third-order valence-electron chi connectivity index (χ3n) is 4.62. The van der Waals surface area contributed by atoms with Crippen molar-refractivity contribution in [2.24, 2.45) is 0 Å². The van der Waals surface area contributed by atoms with Gasteiger partial charge >= 0.3 is 17.8 Å². The molecular weight excluding hydrogens is 368 g/mol. The van der Waals surface area contributed by atoms with Crippen molar-refractivity contribution in [1.82, 2.24) is 24.7 Å². The maximum Gasteiger partial charge on any atom is 0.335 e. The second-order valence-corrected chi connectivity index (χ2v) is 7.33. The summed E-state index contributed by atoms with van der Waals surface area (Å²) in [5.41, 5.74) is 0. The Bertz CT molecular complexity index is 836. The lowest BCUT2D eigenvalue weighted by molar-refractivity contribution is -0.144. The average Bonchev–Trinajstić information content (AvgIpc) is 3.29. The van der Waals surface area contributed by atoms with Crippen molar-refractivity contribution in [2.75, 3.05) is 37.7 Å². The van der Waals surface area contributed by atoms with Gasteiger partial charge in [0.25, 0.3) is 0 Å². The highest BCUT2D eigenvalue weighted by atomic mass is 32.1. The zero-order valence-electron chi connectivity index (χ0n) is 14.5. The Hall–Kier alpha value is -2.85. The molecule has 0 saturated carbocycles. The number of carbonyl (C=O) groups excluding carboxylic acids is 3. The van der Waals surface area contributed by atoms with Crippen molar-refractivity contribution in [3.63, 3.8) is 0 Å². The first-order chi connectivity index (χ1) is 13.1. The van der Waals surface area contributed by atoms with E-state index in [1.54, 1.807) is 18.6 Å². The van der Waals surface area contributed by atoms with Gasteiger partial charge in [0.05, 0.1) is 19.4 Å². The molecule has 2 aliphatic rings. The van der Waals surface area contributed by atoms with Crippen LogP contribution in [0.3, 0.4) is 0 Å². The van der Waals surface area contributed by atoms with Gasteiger partial charge in [-0.15, -0.1) is 11.3 Å². The van der Waals surface area contributed by atoms with E-state index in [9.17, 15) is 14.4 Å².